The SMILES string of the molecule is Nc1nc2c(s1)CN(Cc1c(Cl)cccc1Cl)CC2. The molecule has 0 aliphatic carbocycles. The molecule has 6 heteroatoms. The number of rotatable bonds is 2. The van der Waals surface area contributed by atoms with Gasteiger partial charge in [0.15, 0.2) is 5.13 Å². The van der Waals surface area contributed by atoms with Crippen molar-refractivity contribution in [2.24, 2.45) is 0 Å². The third-order valence-corrected chi connectivity index (χ3v) is 4.89. The van der Waals surface area contributed by atoms with Gasteiger partial charge in [-0.3, -0.25) is 4.90 Å². The average molecular weight is 314 g/mol. The van der Waals surface area contributed by atoms with Crippen LogP contribution in [0.5, 0.6) is 0 Å². The van der Waals surface area contributed by atoms with Gasteiger partial charge in [-0.1, -0.05) is 29.3 Å². The first-order chi connectivity index (χ1) is 9.13. The first kappa shape index (κ1) is 13.2. The molecule has 3 nitrogen and oxygen atoms in total. The topological polar surface area (TPSA) is 42.1 Å². The van der Waals surface area contributed by atoms with Crippen LogP contribution in [0.4, 0.5) is 5.13 Å². The highest BCUT2D eigenvalue weighted by Gasteiger charge is 2.21. The molecule has 0 saturated carbocycles. The first-order valence-corrected chi connectivity index (χ1v) is 7.60. The fourth-order valence-electron chi connectivity index (χ4n) is 2.31. The van der Waals surface area contributed by atoms with Crippen molar-refractivity contribution >= 4 is 39.7 Å². The zero-order valence-electron chi connectivity index (χ0n) is 10.2. The van der Waals surface area contributed by atoms with Gasteiger partial charge in [0, 0.05) is 46.5 Å². The molecule has 1 aromatic carbocycles. The van der Waals surface area contributed by atoms with E-state index < -0.39 is 0 Å². The van der Waals surface area contributed by atoms with Crippen molar-refractivity contribution in [3.8, 4) is 0 Å². The molecule has 0 atom stereocenters. The van der Waals surface area contributed by atoms with Crippen LogP contribution in [0.2, 0.25) is 10.0 Å². The van der Waals surface area contributed by atoms with Crippen LogP contribution in [0, 0.1) is 0 Å². The van der Waals surface area contributed by atoms with Crippen LogP contribution >= 0.6 is 34.5 Å². The number of anilines is 1. The highest BCUT2D eigenvalue weighted by Crippen LogP contribution is 2.30. The van der Waals surface area contributed by atoms with Crippen molar-refractivity contribution in [2.45, 2.75) is 19.5 Å². The number of nitrogen functional groups attached to an aromatic ring is 1. The summed E-state index contributed by atoms with van der Waals surface area (Å²) in [6.45, 7) is 2.58. The molecule has 0 saturated heterocycles. The summed E-state index contributed by atoms with van der Waals surface area (Å²) in [4.78, 5) is 7.93. The summed E-state index contributed by atoms with van der Waals surface area (Å²) in [5.74, 6) is 0. The Morgan fingerprint density at radius 2 is 2.05 bits per heavy atom. The molecule has 0 spiro atoms. The molecule has 3 rings (SSSR count). The van der Waals surface area contributed by atoms with E-state index in [1.165, 1.54) is 4.88 Å². The zero-order chi connectivity index (χ0) is 13.4. The fourth-order valence-corrected chi connectivity index (χ4v) is 3.75. The number of nitrogens with zero attached hydrogens (tertiary/aromatic N) is 2. The number of aromatic nitrogens is 1. The minimum atomic E-state index is 0.655. The monoisotopic (exact) mass is 313 g/mol. The summed E-state index contributed by atoms with van der Waals surface area (Å²) in [6, 6.07) is 5.62. The van der Waals surface area contributed by atoms with E-state index in [1.807, 2.05) is 18.2 Å². The molecule has 0 bridgehead atoms. The van der Waals surface area contributed by atoms with Crippen LogP contribution in [0.25, 0.3) is 0 Å². The number of nitrogens with two attached hydrogens (primary N) is 1. The number of hydrogen-bond donors (Lipinski definition) is 1. The maximum Gasteiger partial charge on any atom is 0.180 e. The number of benzene rings is 1. The normalized spacial score (nSPS) is 15.5. The van der Waals surface area contributed by atoms with Gasteiger partial charge in [-0.2, -0.15) is 0 Å². The number of fused-ring (bicyclic) bond motifs is 1. The molecule has 19 heavy (non-hydrogen) atoms. The van der Waals surface area contributed by atoms with E-state index in [1.54, 1.807) is 11.3 Å². The molecular formula is C13H13Cl2N3S. The molecular weight excluding hydrogens is 301 g/mol. The van der Waals surface area contributed by atoms with E-state index in [2.05, 4.69) is 9.88 Å². The molecule has 0 fully saturated rings. The lowest BCUT2D eigenvalue weighted by molar-refractivity contribution is 0.247. The van der Waals surface area contributed by atoms with Gasteiger partial charge in [-0.15, -0.1) is 11.3 Å². The van der Waals surface area contributed by atoms with Crippen molar-refractivity contribution in [3.63, 3.8) is 0 Å². The molecule has 0 radical (unpaired) electrons. The van der Waals surface area contributed by atoms with Crippen LogP contribution in [-0.4, -0.2) is 16.4 Å². The van der Waals surface area contributed by atoms with Gasteiger partial charge in [-0.25, -0.2) is 4.98 Å². The smallest absolute Gasteiger partial charge is 0.180 e. The van der Waals surface area contributed by atoms with Crippen molar-refractivity contribution in [1.29, 1.82) is 0 Å². The lowest BCUT2D eigenvalue weighted by atomic mass is 10.1. The van der Waals surface area contributed by atoms with Gasteiger partial charge in [0.1, 0.15) is 0 Å². The van der Waals surface area contributed by atoms with Gasteiger partial charge < -0.3 is 5.73 Å². The molecule has 2 heterocycles. The minimum absolute atomic E-state index is 0.655. The van der Waals surface area contributed by atoms with Crippen molar-refractivity contribution in [1.82, 2.24) is 9.88 Å². The summed E-state index contributed by atoms with van der Waals surface area (Å²) in [6.07, 6.45) is 0.936. The van der Waals surface area contributed by atoms with Crippen molar-refractivity contribution in [3.05, 3.63) is 44.4 Å². The second-order valence-electron chi connectivity index (χ2n) is 4.58. The van der Waals surface area contributed by atoms with E-state index in [0.717, 1.165) is 47.4 Å². The Morgan fingerprint density at radius 1 is 1.32 bits per heavy atom. The Bertz CT molecular complexity index is 592. The second kappa shape index (κ2) is 5.29. The average Bonchev–Trinajstić information content (AvgIpc) is 2.73. The first-order valence-electron chi connectivity index (χ1n) is 6.03. The summed E-state index contributed by atoms with van der Waals surface area (Å²) < 4.78 is 0. The summed E-state index contributed by atoms with van der Waals surface area (Å²) in [5, 5.41) is 2.10. The van der Waals surface area contributed by atoms with Crippen LogP contribution in [0.1, 0.15) is 16.1 Å². The van der Waals surface area contributed by atoms with Crippen molar-refractivity contribution < 1.29 is 0 Å². The predicted octanol–water partition coefficient (Wildman–Crippen LogP) is 3.59. The third-order valence-electron chi connectivity index (χ3n) is 3.27. The van der Waals surface area contributed by atoms with E-state index in [4.69, 9.17) is 28.9 Å². The lowest BCUT2D eigenvalue weighted by Crippen LogP contribution is -2.29. The number of halogens is 2. The predicted molar refractivity (Wildman–Crippen MR) is 80.8 cm³/mol. The Labute approximate surface area is 126 Å². The molecule has 2 N–H and O–H groups in total. The highest BCUT2D eigenvalue weighted by molar-refractivity contribution is 7.15. The minimum Gasteiger partial charge on any atom is -0.375 e. The van der Waals surface area contributed by atoms with E-state index in [-0.39, 0.29) is 0 Å². The van der Waals surface area contributed by atoms with Crippen LogP contribution < -0.4 is 5.73 Å². The number of hydrogen-bond acceptors (Lipinski definition) is 4. The third kappa shape index (κ3) is 2.72. The van der Waals surface area contributed by atoms with Crippen LogP contribution in [-0.2, 0) is 19.5 Å². The Kier molecular flexibility index (Phi) is 3.67. The van der Waals surface area contributed by atoms with E-state index >= 15 is 0 Å². The summed E-state index contributed by atoms with van der Waals surface area (Å²) in [5.41, 5.74) is 7.89. The van der Waals surface area contributed by atoms with Crippen molar-refractivity contribution in [2.75, 3.05) is 12.3 Å². The molecule has 1 aliphatic heterocycles. The summed E-state index contributed by atoms with van der Waals surface area (Å²) in [7, 11) is 0. The molecule has 1 aliphatic rings. The van der Waals surface area contributed by atoms with E-state index in [0.29, 0.717) is 5.13 Å². The van der Waals surface area contributed by atoms with E-state index in [9.17, 15) is 0 Å². The maximum atomic E-state index is 6.21. The standard InChI is InChI=1S/C13H13Cl2N3S/c14-9-2-1-3-10(15)8(9)6-18-5-4-11-12(7-18)19-13(16)17-11/h1-3H,4-7H2,(H2,16,17). The van der Waals surface area contributed by atoms with Gasteiger partial charge in [0.05, 0.1) is 5.69 Å². The maximum absolute atomic E-state index is 6.21. The highest BCUT2D eigenvalue weighted by atomic mass is 35.5. The van der Waals surface area contributed by atoms with Gasteiger partial charge in [-0.05, 0) is 12.1 Å². The largest absolute Gasteiger partial charge is 0.375 e. The molecule has 100 valence electrons. The fraction of sp³-hybridized carbons (Fsp3) is 0.308. The van der Waals surface area contributed by atoms with Gasteiger partial charge in [0.2, 0.25) is 0 Å². The summed E-state index contributed by atoms with van der Waals surface area (Å²) >= 11 is 14.0. The van der Waals surface area contributed by atoms with Gasteiger partial charge >= 0.3 is 0 Å². The molecule has 0 unspecified atom stereocenters. The van der Waals surface area contributed by atoms with Gasteiger partial charge in [0.25, 0.3) is 0 Å². The Hall–Kier alpha value is -0.810. The molecule has 2 aromatic rings. The molecule has 1 aromatic heterocycles. The number of thiazole rings is 1. The van der Waals surface area contributed by atoms with Crippen LogP contribution in [0.15, 0.2) is 18.2 Å². The van der Waals surface area contributed by atoms with Crippen LogP contribution in [0.3, 0.4) is 0 Å². The molecule has 0 amide bonds. The second-order valence-corrected chi connectivity index (χ2v) is 6.51. The quantitative estimate of drug-likeness (QED) is 0.921. The zero-order valence-corrected chi connectivity index (χ0v) is 12.5. The Morgan fingerprint density at radius 3 is 2.79 bits per heavy atom. The lowest BCUT2D eigenvalue weighted by Gasteiger charge is -2.26. The Balaban J connectivity index is 1.79.